The van der Waals surface area contributed by atoms with Gasteiger partial charge in [0.1, 0.15) is 11.9 Å². The first kappa shape index (κ1) is 17.8. The van der Waals surface area contributed by atoms with E-state index in [-0.39, 0.29) is 5.82 Å². The standard InChI is InChI=1S/C17H15BrFN3O2S/c1-9-7-10(19)3-4-11(9)14-13(17(23)24-2)12(8-18)21-15(22-14)16-20-5-6-25-16/h3-7,14H,8H2,1-2H3,(H,21,22)/t14-/m0/s1. The molecule has 5 nitrogen and oxygen atoms in total. The zero-order valence-corrected chi connectivity index (χ0v) is 15.9. The summed E-state index contributed by atoms with van der Waals surface area (Å²) in [4.78, 5) is 21.4. The molecular formula is C17H15BrFN3O2S. The Kier molecular flexibility index (Phi) is 5.29. The van der Waals surface area contributed by atoms with Gasteiger partial charge in [0.15, 0.2) is 10.8 Å². The fraction of sp³-hybridized carbons (Fsp3) is 0.235. The van der Waals surface area contributed by atoms with Gasteiger partial charge in [-0.1, -0.05) is 22.0 Å². The van der Waals surface area contributed by atoms with Crippen LogP contribution in [0.1, 0.15) is 22.2 Å². The molecule has 0 radical (unpaired) electrons. The number of nitrogens with zero attached hydrogens (tertiary/aromatic N) is 2. The molecule has 0 amide bonds. The van der Waals surface area contributed by atoms with E-state index in [1.54, 1.807) is 19.2 Å². The lowest BCUT2D eigenvalue weighted by atomic mass is 9.93. The molecule has 1 aromatic heterocycles. The van der Waals surface area contributed by atoms with Crippen molar-refractivity contribution in [1.29, 1.82) is 0 Å². The number of aliphatic imine (C=N–C) groups is 1. The number of carbonyl (C=O) groups is 1. The van der Waals surface area contributed by atoms with Gasteiger partial charge in [-0.05, 0) is 30.2 Å². The summed E-state index contributed by atoms with van der Waals surface area (Å²) in [6, 6.07) is 3.85. The fourth-order valence-corrected chi connectivity index (χ4v) is 3.70. The molecule has 0 aliphatic carbocycles. The summed E-state index contributed by atoms with van der Waals surface area (Å²) < 4.78 is 18.5. The molecule has 0 unspecified atom stereocenters. The van der Waals surface area contributed by atoms with Gasteiger partial charge in [0, 0.05) is 22.6 Å². The van der Waals surface area contributed by atoms with E-state index in [1.165, 1.54) is 30.6 Å². The molecule has 0 fully saturated rings. The van der Waals surface area contributed by atoms with Crippen LogP contribution in [0.4, 0.5) is 4.39 Å². The quantitative estimate of drug-likeness (QED) is 0.603. The zero-order chi connectivity index (χ0) is 18.0. The van der Waals surface area contributed by atoms with E-state index in [4.69, 9.17) is 4.74 Å². The van der Waals surface area contributed by atoms with Crippen molar-refractivity contribution >= 4 is 39.1 Å². The molecular weight excluding hydrogens is 409 g/mol. The highest BCUT2D eigenvalue weighted by molar-refractivity contribution is 9.09. The van der Waals surface area contributed by atoms with Gasteiger partial charge in [-0.3, -0.25) is 4.99 Å². The molecule has 3 rings (SSSR count). The maximum Gasteiger partial charge on any atom is 0.338 e. The number of thiazole rings is 1. The van der Waals surface area contributed by atoms with Gasteiger partial charge in [0.2, 0.25) is 0 Å². The Bertz CT molecular complexity index is 865. The number of allylic oxidation sites excluding steroid dienone is 1. The Morgan fingerprint density at radius 1 is 1.48 bits per heavy atom. The topological polar surface area (TPSA) is 63.6 Å². The number of esters is 1. The van der Waals surface area contributed by atoms with E-state index in [9.17, 15) is 9.18 Å². The normalized spacial score (nSPS) is 17.1. The van der Waals surface area contributed by atoms with Crippen LogP contribution in [-0.4, -0.2) is 29.2 Å². The second kappa shape index (κ2) is 7.45. The summed E-state index contributed by atoms with van der Waals surface area (Å²) in [5, 5.41) is 6.14. The number of benzene rings is 1. The number of amidine groups is 1. The van der Waals surface area contributed by atoms with E-state index in [2.05, 4.69) is 31.2 Å². The minimum atomic E-state index is -0.597. The molecule has 1 aliphatic heterocycles. The third-order valence-electron chi connectivity index (χ3n) is 3.83. The number of halogens is 2. The van der Waals surface area contributed by atoms with E-state index < -0.39 is 12.0 Å². The van der Waals surface area contributed by atoms with Crippen molar-refractivity contribution < 1.29 is 13.9 Å². The van der Waals surface area contributed by atoms with Crippen LogP contribution in [0.2, 0.25) is 0 Å². The van der Waals surface area contributed by atoms with Crippen molar-refractivity contribution in [2.24, 2.45) is 4.99 Å². The molecule has 1 atom stereocenters. The molecule has 0 saturated carbocycles. The van der Waals surface area contributed by atoms with Crippen LogP contribution in [0.3, 0.4) is 0 Å². The lowest BCUT2D eigenvalue weighted by molar-refractivity contribution is -0.136. The summed E-state index contributed by atoms with van der Waals surface area (Å²) in [5.74, 6) is -0.230. The van der Waals surface area contributed by atoms with Gasteiger partial charge in [-0.25, -0.2) is 14.2 Å². The number of rotatable bonds is 4. The summed E-state index contributed by atoms with van der Waals surface area (Å²) in [7, 11) is 1.33. The highest BCUT2D eigenvalue weighted by atomic mass is 79.9. The minimum Gasteiger partial charge on any atom is -0.466 e. The predicted molar refractivity (Wildman–Crippen MR) is 98.5 cm³/mol. The van der Waals surface area contributed by atoms with Gasteiger partial charge in [-0.15, -0.1) is 11.3 Å². The van der Waals surface area contributed by atoms with Crippen molar-refractivity contribution in [3.05, 3.63) is 63.0 Å². The first-order valence-electron chi connectivity index (χ1n) is 7.43. The Hall–Kier alpha value is -2.06. The molecule has 25 heavy (non-hydrogen) atoms. The Morgan fingerprint density at radius 3 is 2.88 bits per heavy atom. The first-order chi connectivity index (χ1) is 12.0. The number of ether oxygens (including phenoxy) is 1. The van der Waals surface area contributed by atoms with Gasteiger partial charge in [0.05, 0.1) is 12.7 Å². The van der Waals surface area contributed by atoms with E-state index >= 15 is 0 Å². The number of methoxy groups -OCH3 is 1. The highest BCUT2D eigenvalue weighted by Crippen LogP contribution is 2.34. The third-order valence-corrected chi connectivity index (χ3v) is 5.17. The Labute approximate surface area is 156 Å². The average molecular weight is 424 g/mol. The number of aromatic nitrogens is 1. The second-order valence-corrected chi connectivity index (χ2v) is 6.82. The average Bonchev–Trinajstić information content (AvgIpc) is 3.14. The van der Waals surface area contributed by atoms with Crippen LogP contribution in [0.5, 0.6) is 0 Å². The number of aryl methyl sites for hydroxylation is 1. The molecule has 1 aromatic carbocycles. The molecule has 0 saturated heterocycles. The minimum absolute atomic E-state index is 0.330. The summed E-state index contributed by atoms with van der Waals surface area (Å²) in [5.41, 5.74) is 2.51. The van der Waals surface area contributed by atoms with Gasteiger partial charge in [-0.2, -0.15) is 0 Å². The van der Waals surface area contributed by atoms with Gasteiger partial charge in [0.25, 0.3) is 0 Å². The lowest BCUT2D eigenvalue weighted by Gasteiger charge is -2.26. The molecule has 0 bridgehead atoms. The molecule has 0 spiro atoms. The van der Waals surface area contributed by atoms with Crippen molar-refractivity contribution in [3.63, 3.8) is 0 Å². The molecule has 2 aromatic rings. The van der Waals surface area contributed by atoms with Crippen LogP contribution in [0.25, 0.3) is 0 Å². The van der Waals surface area contributed by atoms with Crippen LogP contribution in [0, 0.1) is 12.7 Å². The van der Waals surface area contributed by atoms with E-state index in [1.807, 2.05) is 5.38 Å². The number of carbonyl (C=O) groups excluding carboxylic acids is 1. The van der Waals surface area contributed by atoms with Crippen LogP contribution in [0.15, 0.2) is 46.0 Å². The monoisotopic (exact) mass is 423 g/mol. The predicted octanol–water partition coefficient (Wildman–Crippen LogP) is 3.50. The fourth-order valence-electron chi connectivity index (χ4n) is 2.67. The second-order valence-electron chi connectivity index (χ2n) is 5.36. The Balaban J connectivity index is 2.17. The molecule has 2 heterocycles. The highest BCUT2D eigenvalue weighted by Gasteiger charge is 2.32. The van der Waals surface area contributed by atoms with Crippen molar-refractivity contribution in [2.75, 3.05) is 12.4 Å². The first-order valence-corrected chi connectivity index (χ1v) is 9.43. The Morgan fingerprint density at radius 2 is 2.28 bits per heavy atom. The van der Waals surface area contributed by atoms with Gasteiger partial charge >= 0.3 is 5.97 Å². The van der Waals surface area contributed by atoms with Gasteiger partial charge < -0.3 is 10.1 Å². The lowest BCUT2D eigenvalue weighted by Crippen LogP contribution is -2.34. The van der Waals surface area contributed by atoms with Crippen molar-refractivity contribution in [3.8, 4) is 0 Å². The zero-order valence-electron chi connectivity index (χ0n) is 13.5. The molecule has 130 valence electrons. The SMILES string of the molecule is COC(=O)C1=C(CBr)NC(c2nccs2)=N[C@H]1c1ccc(F)cc1C. The third kappa shape index (κ3) is 3.50. The number of nitrogens with one attached hydrogen (secondary N) is 1. The molecule has 1 aliphatic rings. The largest absolute Gasteiger partial charge is 0.466 e. The number of alkyl halides is 1. The van der Waals surface area contributed by atoms with Crippen molar-refractivity contribution in [1.82, 2.24) is 10.3 Å². The summed E-state index contributed by atoms with van der Waals surface area (Å²) in [6.45, 7) is 1.79. The van der Waals surface area contributed by atoms with Crippen LogP contribution in [-0.2, 0) is 9.53 Å². The molecule has 8 heteroatoms. The smallest absolute Gasteiger partial charge is 0.338 e. The summed E-state index contributed by atoms with van der Waals surface area (Å²) >= 11 is 4.85. The summed E-state index contributed by atoms with van der Waals surface area (Å²) in [6.07, 6.45) is 1.69. The van der Waals surface area contributed by atoms with Crippen LogP contribution < -0.4 is 5.32 Å². The maximum atomic E-state index is 13.5. The van der Waals surface area contributed by atoms with Crippen LogP contribution >= 0.6 is 27.3 Å². The number of hydrogen-bond donors (Lipinski definition) is 1. The van der Waals surface area contributed by atoms with Crippen molar-refractivity contribution in [2.45, 2.75) is 13.0 Å². The van der Waals surface area contributed by atoms with E-state index in [0.29, 0.717) is 33.0 Å². The van der Waals surface area contributed by atoms with E-state index in [0.717, 1.165) is 5.56 Å². The number of hydrogen-bond acceptors (Lipinski definition) is 6. The molecule has 1 N–H and O–H groups in total. The maximum absolute atomic E-state index is 13.5.